The summed E-state index contributed by atoms with van der Waals surface area (Å²) in [7, 11) is 0. The van der Waals surface area contributed by atoms with Gasteiger partial charge in [0.1, 0.15) is 0 Å². The van der Waals surface area contributed by atoms with Gasteiger partial charge in [-0.1, -0.05) is 24.3 Å². The molecule has 0 saturated carbocycles. The van der Waals surface area contributed by atoms with Crippen molar-refractivity contribution in [1.82, 2.24) is 0 Å². The van der Waals surface area contributed by atoms with Crippen molar-refractivity contribution in [3.8, 4) is 11.5 Å². The maximum atomic E-state index is 9.05. The van der Waals surface area contributed by atoms with Crippen molar-refractivity contribution >= 4 is 11.4 Å². The number of aliphatic hydroxyl groups is 1. The smallest absolute Gasteiger partial charge is 0.151 e. The van der Waals surface area contributed by atoms with Crippen LogP contribution in [0.15, 0.2) is 42.5 Å². The molecule has 0 aromatic heterocycles. The first-order chi connectivity index (χ1) is 8.38. The molecule has 0 unspecified atom stereocenters. The summed E-state index contributed by atoms with van der Waals surface area (Å²) in [6.07, 6.45) is 0.627. The average Bonchev–Trinajstić information content (AvgIpc) is 2.37. The zero-order chi connectivity index (χ0) is 11.7. The number of rotatable bonds is 2. The largest absolute Gasteiger partial charge is 0.453 e. The first-order valence-electron chi connectivity index (χ1n) is 5.65. The van der Waals surface area contributed by atoms with E-state index in [0.29, 0.717) is 6.42 Å². The SMILES string of the molecule is OCCc1cccc2c1Nc1ccccc1O2. The van der Waals surface area contributed by atoms with Gasteiger partial charge in [-0.25, -0.2) is 0 Å². The van der Waals surface area contributed by atoms with Crippen molar-refractivity contribution < 1.29 is 9.84 Å². The lowest BCUT2D eigenvalue weighted by molar-refractivity contribution is 0.299. The second-order valence-corrected chi connectivity index (χ2v) is 3.99. The second kappa shape index (κ2) is 4.11. The number of fused-ring (bicyclic) bond motifs is 2. The highest BCUT2D eigenvalue weighted by Crippen LogP contribution is 2.43. The summed E-state index contributed by atoms with van der Waals surface area (Å²) in [6.45, 7) is 0.139. The minimum atomic E-state index is 0.139. The summed E-state index contributed by atoms with van der Waals surface area (Å²) in [5, 5.41) is 12.4. The maximum Gasteiger partial charge on any atom is 0.151 e. The quantitative estimate of drug-likeness (QED) is 0.707. The van der Waals surface area contributed by atoms with E-state index in [2.05, 4.69) is 5.32 Å². The lowest BCUT2D eigenvalue weighted by Gasteiger charge is -2.23. The minimum Gasteiger partial charge on any atom is -0.453 e. The number of hydrogen-bond donors (Lipinski definition) is 2. The van der Waals surface area contributed by atoms with Crippen LogP contribution in [0.1, 0.15) is 5.56 Å². The molecular formula is C14H13NO2. The van der Waals surface area contributed by atoms with Crippen molar-refractivity contribution in [2.75, 3.05) is 11.9 Å². The molecule has 1 aliphatic heterocycles. The molecular weight excluding hydrogens is 214 g/mol. The summed E-state index contributed by atoms with van der Waals surface area (Å²) in [6, 6.07) is 13.7. The number of hydrogen-bond acceptors (Lipinski definition) is 3. The summed E-state index contributed by atoms with van der Waals surface area (Å²) in [5.41, 5.74) is 2.99. The number of benzene rings is 2. The van der Waals surface area contributed by atoms with Crippen LogP contribution in [0.5, 0.6) is 11.5 Å². The Kier molecular flexibility index (Phi) is 2.46. The Bertz CT molecular complexity index is 552. The second-order valence-electron chi connectivity index (χ2n) is 3.99. The highest BCUT2D eigenvalue weighted by molar-refractivity contribution is 5.77. The van der Waals surface area contributed by atoms with Crippen molar-refractivity contribution in [3.63, 3.8) is 0 Å². The van der Waals surface area contributed by atoms with Gasteiger partial charge in [-0.3, -0.25) is 0 Å². The molecule has 0 fully saturated rings. The van der Waals surface area contributed by atoms with Gasteiger partial charge in [0.25, 0.3) is 0 Å². The van der Waals surface area contributed by atoms with E-state index in [0.717, 1.165) is 28.4 Å². The van der Waals surface area contributed by atoms with E-state index in [9.17, 15) is 0 Å². The molecule has 1 aliphatic rings. The molecule has 0 aliphatic carbocycles. The topological polar surface area (TPSA) is 41.5 Å². The van der Waals surface area contributed by atoms with Crippen molar-refractivity contribution in [2.24, 2.45) is 0 Å². The molecule has 3 rings (SSSR count). The molecule has 2 aromatic carbocycles. The van der Waals surface area contributed by atoms with Crippen LogP contribution in [0.2, 0.25) is 0 Å². The molecule has 0 bridgehead atoms. The molecule has 2 N–H and O–H groups in total. The van der Waals surface area contributed by atoms with Gasteiger partial charge in [0, 0.05) is 6.61 Å². The van der Waals surface area contributed by atoms with Gasteiger partial charge in [-0.15, -0.1) is 0 Å². The Morgan fingerprint density at radius 3 is 2.71 bits per heavy atom. The maximum absolute atomic E-state index is 9.05. The van der Waals surface area contributed by atoms with Crippen LogP contribution < -0.4 is 10.1 Å². The van der Waals surface area contributed by atoms with Gasteiger partial charge < -0.3 is 15.2 Å². The summed E-state index contributed by atoms with van der Waals surface area (Å²) >= 11 is 0. The zero-order valence-corrected chi connectivity index (χ0v) is 9.31. The van der Waals surface area contributed by atoms with Crippen LogP contribution in [0.25, 0.3) is 0 Å². The lowest BCUT2D eigenvalue weighted by Crippen LogP contribution is -2.06. The van der Waals surface area contributed by atoms with Crippen molar-refractivity contribution in [1.29, 1.82) is 0 Å². The van der Waals surface area contributed by atoms with Crippen LogP contribution in [-0.4, -0.2) is 11.7 Å². The molecule has 3 heteroatoms. The summed E-state index contributed by atoms with van der Waals surface area (Å²) in [4.78, 5) is 0. The molecule has 0 atom stereocenters. The number of anilines is 2. The highest BCUT2D eigenvalue weighted by atomic mass is 16.5. The lowest BCUT2D eigenvalue weighted by atomic mass is 10.1. The van der Waals surface area contributed by atoms with Gasteiger partial charge in [-0.05, 0) is 30.2 Å². The van der Waals surface area contributed by atoms with E-state index in [1.807, 2.05) is 42.5 Å². The monoisotopic (exact) mass is 227 g/mol. The van der Waals surface area contributed by atoms with Crippen LogP contribution in [0.3, 0.4) is 0 Å². The third-order valence-corrected chi connectivity index (χ3v) is 2.86. The van der Waals surface area contributed by atoms with Crippen LogP contribution in [-0.2, 0) is 6.42 Å². The van der Waals surface area contributed by atoms with Crippen molar-refractivity contribution in [2.45, 2.75) is 6.42 Å². The van der Waals surface area contributed by atoms with E-state index < -0.39 is 0 Å². The first kappa shape index (κ1) is 10.2. The Labute approximate surface area is 99.7 Å². The van der Waals surface area contributed by atoms with Gasteiger partial charge in [0.2, 0.25) is 0 Å². The number of aliphatic hydroxyl groups excluding tert-OH is 1. The molecule has 1 heterocycles. The Balaban J connectivity index is 2.05. The fraction of sp³-hybridized carbons (Fsp3) is 0.143. The average molecular weight is 227 g/mol. The highest BCUT2D eigenvalue weighted by Gasteiger charge is 2.17. The van der Waals surface area contributed by atoms with Crippen LogP contribution in [0.4, 0.5) is 11.4 Å². The predicted molar refractivity (Wildman–Crippen MR) is 67.0 cm³/mol. The normalized spacial score (nSPS) is 12.1. The molecule has 3 nitrogen and oxygen atoms in total. The zero-order valence-electron chi connectivity index (χ0n) is 9.31. The predicted octanol–water partition coefficient (Wildman–Crippen LogP) is 3.07. The molecule has 86 valence electrons. The number of ether oxygens (including phenoxy) is 1. The van der Waals surface area contributed by atoms with E-state index in [4.69, 9.17) is 9.84 Å². The molecule has 0 saturated heterocycles. The molecule has 2 aromatic rings. The van der Waals surface area contributed by atoms with Gasteiger partial charge in [-0.2, -0.15) is 0 Å². The van der Waals surface area contributed by atoms with Crippen LogP contribution in [0, 0.1) is 0 Å². The van der Waals surface area contributed by atoms with Gasteiger partial charge in [0.05, 0.1) is 11.4 Å². The Morgan fingerprint density at radius 1 is 1.00 bits per heavy atom. The summed E-state index contributed by atoms with van der Waals surface area (Å²) in [5.74, 6) is 1.65. The third kappa shape index (κ3) is 1.74. The third-order valence-electron chi connectivity index (χ3n) is 2.86. The van der Waals surface area contributed by atoms with Gasteiger partial charge >= 0.3 is 0 Å². The van der Waals surface area contributed by atoms with E-state index in [-0.39, 0.29) is 6.61 Å². The molecule has 17 heavy (non-hydrogen) atoms. The molecule has 0 amide bonds. The minimum absolute atomic E-state index is 0.139. The molecule has 0 radical (unpaired) electrons. The van der Waals surface area contributed by atoms with E-state index in [1.54, 1.807) is 0 Å². The number of nitrogens with one attached hydrogen (secondary N) is 1. The van der Waals surface area contributed by atoms with Gasteiger partial charge in [0.15, 0.2) is 11.5 Å². The summed E-state index contributed by atoms with van der Waals surface area (Å²) < 4.78 is 5.82. The fourth-order valence-corrected chi connectivity index (χ4v) is 2.04. The van der Waals surface area contributed by atoms with E-state index >= 15 is 0 Å². The Hall–Kier alpha value is -2.00. The van der Waals surface area contributed by atoms with Crippen LogP contribution >= 0.6 is 0 Å². The van der Waals surface area contributed by atoms with E-state index in [1.165, 1.54) is 0 Å². The first-order valence-corrected chi connectivity index (χ1v) is 5.65. The fourth-order valence-electron chi connectivity index (χ4n) is 2.04. The standard InChI is InChI=1S/C14H13NO2/c16-9-8-10-4-3-7-13-14(10)15-11-5-1-2-6-12(11)17-13/h1-7,15-16H,8-9H2. The number of para-hydroxylation sites is 3. The molecule has 0 spiro atoms. The Morgan fingerprint density at radius 2 is 1.82 bits per heavy atom. The van der Waals surface area contributed by atoms with Crippen molar-refractivity contribution in [3.05, 3.63) is 48.0 Å².